The number of hydrogen-bond acceptors (Lipinski definition) is 6. The maximum absolute atomic E-state index is 12.5. The van der Waals surface area contributed by atoms with Gasteiger partial charge in [-0.05, 0) is 67.6 Å². The summed E-state index contributed by atoms with van der Waals surface area (Å²) in [6, 6.07) is 11.0. The molecule has 8 heteroatoms. The predicted octanol–water partition coefficient (Wildman–Crippen LogP) is 1.62. The van der Waals surface area contributed by atoms with Gasteiger partial charge in [0, 0.05) is 31.7 Å². The number of benzene rings is 1. The fourth-order valence-corrected chi connectivity index (χ4v) is 4.65. The molecule has 29 heavy (non-hydrogen) atoms. The summed E-state index contributed by atoms with van der Waals surface area (Å²) in [5.41, 5.74) is 0.982. The Kier molecular flexibility index (Phi) is 5.18. The summed E-state index contributed by atoms with van der Waals surface area (Å²) >= 11 is 0. The van der Waals surface area contributed by atoms with E-state index in [1.165, 1.54) is 0 Å². The van der Waals surface area contributed by atoms with E-state index in [2.05, 4.69) is 30.6 Å². The number of hydrogen-bond donors (Lipinski definition) is 1. The Morgan fingerprint density at radius 3 is 2.55 bits per heavy atom. The molecule has 2 saturated heterocycles. The minimum absolute atomic E-state index is 0.160. The first kappa shape index (κ1) is 18.5. The number of carbonyl (C=O) groups excluding carboxylic acids is 1. The third-order valence-electron chi connectivity index (χ3n) is 6.46. The highest BCUT2D eigenvalue weighted by Gasteiger charge is 2.34. The molecule has 3 heterocycles. The van der Waals surface area contributed by atoms with Crippen LogP contribution in [0, 0.1) is 5.92 Å². The smallest absolute Gasteiger partial charge is 0.250 e. The number of tetrazole rings is 1. The molecule has 1 amide bonds. The van der Waals surface area contributed by atoms with Crippen LogP contribution in [0.1, 0.15) is 38.5 Å². The largest absolute Gasteiger partial charge is 0.353 e. The molecule has 5 rings (SSSR count). The quantitative estimate of drug-likeness (QED) is 0.829. The number of anilines is 1. The van der Waals surface area contributed by atoms with E-state index in [-0.39, 0.29) is 11.8 Å². The third kappa shape index (κ3) is 4.12. The van der Waals surface area contributed by atoms with Crippen molar-refractivity contribution in [3.05, 3.63) is 30.3 Å². The lowest BCUT2D eigenvalue weighted by molar-refractivity contribution is -0.127. The second-order valence-electron chi connectivity index (χ2n) is 8.56. The van der Waals surface area contributed by atoms with Gasteiger partial charge in [-0.3, -0.25) is 9.69 Å². The van der Waals surface area contributed by atoms with Crippen molar-refractivity contribution in [2.75, 3.05) is 31.1 Å². The standard InChI is InChI=1S/C21H29N7O/c29-20(22-17-8-9-17)16-5-4-12-27(15-16)18-10-13-26(14-11-18)21-23-24-25-28(21)19-6-2-1-3-7-19/h1-3,6-7,16-18H,4-5,8-15H2,(H,22,29). The van der Waals surface area contributed by atoms with Crippen molar-refractivity contribution in [3.63, 3.8) is 0 Å². The number of aromatic nitrogens is 4. The zero-order valence-corrected chi connectivity index (χ0v) is 16.8. The summed E-state index contributed by atoms with van der Waals surface area (Å²) in [5, 5.41) is 15.6. The number of amides is 1. The van der Waals surface area contributed by atoms with Crippen LogP contribution < -0.4 is 10.2 Å². The van der Waals surface area contributed by atoms with Crippen LogP contribution in [0.3, 0.4) is 0 Å². The van der Waals surface area contributed by atoms with E-state index in [4.69, 9.17) is 0 Å². The van der Waals surface area contributed by atoms with Crippen LogP contribution in [0.25, 0.3) is 5.69 Å². The van der Waals surface area contributed by atoms with Crippen molar-refractivity contribution >= 4 is 11.9 Å². The van der Waals surface area contributed by atoms with E-state index in [1.807, 2.05) is 35.0 Å². The zero-order chi connectivity index (χ0) is 19.6. The highest BCUT2D eigenvalue weighted by atomic mass is 16.2. The number of rotatable bonds is 5. The molecule has 0 bridgehead atoms. The van der Waals surface area contributed by atoms with Gasteiger partial charge in [0.25, 0.3) is 0 Å². The van der Waals surface area contributed by atoms with Crippen LogP contribution in [-0.2, 0) is 4.79 Å². The molecule has 0 radical (unpaired) electrons. The summed E-state index contributed by atoms with van der Waals surface area (Å²) in [4.78, 5) is 17.3. The van der Waals surface area contributed by atoms with Gasteiger partial charge < -0.3 is 10.2 Å². The molecule has 1 atom stereocenters. The predicted molar refractivity (Wildman–Crippen MR) is 110 cm³/mol. The van der Waals surface area contributed by atoms with E-state index < -0.39 is 0 Å². The molecule has 0 spiro atoms. The van der Waals surface area contributed by atoms with Gasteiger partial charge in [0.05, 0.1) is 11.6 Å². The molecule has 1 saturated carbocycles. The Hall–Kier alpha value is -2.48. The number of nitrogens with zero attached hydrogens (tertiary/aromatic N) is 6. The van der Waals surface area contributed by atoms with Gasteiger partial charge >= 0.3 is 0 Å². The molecule has 8 nitrogen and oxygen atoms in total. The van der Waals surface area contributed by atoms with Gasteiger partial charge in [0.2, 0.25) is 11.9 Å². The van der Waals surface area contributed by atoms with Gasteiger partial charge in [0.1, 0.15) is 0 Å². The van der Waals surface area contributed by atoms with Crippen LogP contribution in [-0.4, -0.2) is 69.3 Å². The van der Waals surface area contributed by atoms with Crippen LogP contribution in [0.15, 0.2) is 30.3 Å². The molecule has 1 aliphatic carbocycles. The molecular formula is C21H29N7O. The number of piperidine rings is 2. The fourth-order valence-electron chi connectivity index (χ4n) is 4.65. The zero-order valence-electron chi connectivity index (χ0n) is 16.8. The van der Waals surface area contributed by atoms with E-state index in [1.54, 1.807) is 0 Å². The maximum atomic E-state index is 12.5. The van der Waals surface area contributed by atoms with Gasteiger partial charge in [-0.15, -0.1) is 0 Å². The second-order valence-corrected chi connectivity index (χ2v) is 8.56. The average molecular weight is 396 g/mol. The van der Waals surface area contributed by atoms with Crippen molar-refractivity contribution in [2.24, 2.45) is 5.92 Å². The summed E-state index contributed by atoms with van der Waals surface area (Å²) in [6.45, 7) is 3.89. The lowest BCUT2D eigenvalue weighted by Crippen LogP contribution is -2.51. The highest BCUT2D eigenvalue weighted by Crippen LogP contribution is 2.27. The first-order chi connectivity index (χ1) is 14.3. The van der Waals surface area contributed by atoms with E-state index in [0.717, 1.165) is 76.3 Å². The van der Waals surface area contributed by atoms with Crippen LogP contribution in [0.5, 0.6) is 0 Å². The second kappa shape index (κ2) is 8.10. The number of carbonyl (C=O) groups is 1. The SMILES string of the molecule is O=C(NC1CC1)C1CCCN(C2CCN(c3nnnn3-c3ccccc3)CC2)C1. The molecule has 1 N–H and O–H groups in total. The lowest BCUT2D eigenvalue weighted by Gasteiger charge is -2.42. The van der Waals surface area contributed by atoms with Crippen molar-refractivity contribution in [2.45, 2.75) is 50.6 Å². The van der Waals surface area contributed by atoms with E-state index in [0.29, 0.717) is 12.1 Å². The molecular weight excluding hydrogens is 366 g/mol. The van der Waals surface area contributed by atoms with E-state index in [9.17, 15) is 4.79 Å². The van der Waals surface area contributed by atoms with Crippen LogP contribution in [0.2, 0.25) is 0 Å². The number of likely N-dealkylation sites (tertiary alicyclic amines) is 1. The first-order valence-electron chi connectivity index (χ1n) is 10.9. The fraction of sp³-hybridized carbons (Fsp3) is 0.619. The minimum Gasteiger partial charge on any atom is -0.353 e. The lowest BCUT2D eigenvalue weighted by atomic mass is 9.93. The molecule has 2 aromatic rings. The van der Waals surface area contributed by atoms with Gasteiger partial charge in [-0.2, -0.15) is 4.68 Å². The Bertz CT molecular complexity index is 827. The normalized spacial score (nSPS) is 23.9. The molecule has 154 valence electrons. The topological polar surface area (TPSA) is 79.2 Å². The van der Waals surface area contributed by atoms with Crippen molar-refractivity contribution in [1.82, 2.24) is 30.4 Å². The minimum atomic E-state index is 0.160. The van der Waals surface area contributed by atoms with Crippen molar-refractivity contribution in [1.29, 1.82) is 0 Å². The first-order valence-corrected chi connectivity index (χ1v) is 10.9. The molecule has 1 aromatic heterocycles. The van der Waals surface area contributed by atoms with Crippen molar-refractivity contribution in [3.8, 4) is 5.69 Å². The summed E-state index contributed by atoms with van der Waals surface area (Å²) < 4.78 is 1.82. The molecule has 2 aliphatic heterocycles. The Balaban J connectivity index is 1.19. The number of nitrogens with one attached hydrogen (secondary N) is 1. The van der Waals surface area contributed by atoms with Crippen molar-refractivity contribution < 1.29 is 4.79 Å². The van der Waals surface area contributed by atoms with Crippen LogP contribution >= 0.6 is 0 Å². The van der Waals surface area contributed by atoms with Gasteiger partial charge in [-0.1, -0.05) is 23.3 Å². The Labute approximate surface area is 171 Å². The van der Waals surface area contributed by atoms with E-state index >= 15 is 0 Å². The summed E-state index contributed by atoms with van der Waals surface area (Å²) in [5.74, 6) is 1.25. The third-order valence-corrected chi connectivity index (χ3v) is 6.46. The van der Waals surface area contributed by atoms with Crippen LogP contribution in [0.4, 0.5) is 5.95 Å². The van der Waals surface area contributed by atoms with Gasteiger partial charge in [0.15, 0.2) is 0 Å². The molecule has 3 fully saturated rings. The highest BCUT2D eigenvalue weighted by molar-refractivity contribution is 5.79. The summed E-state index contributed by atoms with van der Waals surface area (Å²) in [6.07, 6.45) is 6.62. The average Bonchev–Trinajstić information content (AvgIpc) is 3.46. The molecule has 1 aromatic carbocycles. The summed E-state index contributed by atoms with van der Waals surface area (Å²) in [7, 11) is 0. The maximum Gasteiger partial charge on any atom is 0.250 e. The molecule has 1 unspecified atom stereocenters. The Morgan fingerprint density at radius 2 is 1.79 bits per heavy atom. The Morgan fingerprint density at radius 1 is 1.00 bits per heavy atom. The van der Waals surface area contributed by atoms with Gasteiger partial charge in [-0.25, -0.2) is 0 Å². The monoisotopic (exact) mass is 395 g/mol. The molecule has 3 aliphatic rings. The number of para-hydroxylation sites is 1.